The normalized spacial score (nSPS) is 17.8. The highest BCUT2D eigenvalue weighted by molar-refractivity contribution is 7.92. The number of hydrogen-bond acceptors (Lipinski definition) is 6. The van der Waals surface area contributed by atoms with Crippen molar-refractivity contribution in [2.45, 2.75) is 29.6 Å². The first kappa shape index (κ1) is 23.2. The predicted molar refractivity (Wildman–Crippen MR) is 112 cm³/mol. The molecule has 0 spiro atoms. The lowest BCUT2D eigenvalue weighted by Crippen LogP contribution is -2.39. The van der Waals surface area contributed by atoms with Gasteiger partial charge in [-0.3, -0.25) is 4.72 Å². The number of anilines is 1. The van der Waals surface area contributed by atoms with E-state index in [0.29, 0.717) is 13.1 Å². The zero-order valence-corrected chi connectivity index (χ0v) is 18.7. The lowest BCUT2D eigenvalue weighted by Gasteiger charge is -2.30. The van der Waals surface area contributed by atoms with Crippen LogP contribution in [0, 0.1) is 11.7 Å². The van der Waals surface area contributed by atoms with Crippen molar-refractivity contribution in [3.8, 4) is 0 Å². The van der Waals surface area contributed by atoms with Crippen LogP contribution >= 0.6 is 0 Å². The Labute approximate surface area is 181 Å². The van der Waals surface area contributed by atoms with Gasteiger partial charge in [0, 0.05) is 18.8 Å². The summed E-state index contributed by atoms with van der Waals surface area (Å²) in [5.74, 6) is -1.58. The first-order valence-electron chi connectivity index (χ1n) is 9.55. The lowest BCUT2D eigenvalue weighted by atomic mass is 10.0. The van der Waals surface area contributed by atoms with E-state index >= 15 is 0 Å². The van der Waals surface area contributed by atoms with Crippen molar-refractivity contribution in [3.05, 3.63) is 53.8 Å². The molecule has 1 saturated heterocycles. The number of benzene rings is 2. The second kappa shape index (κ2) is 8.93. The summed E-state index contributed by atoms with van der Waals surface area (Å²) in [6.07, 6.45) is 1.76. The number of carbonyl (C=O) groups excluding carboxylic acids is 1. The van der Waals surface area contributed by atoms with E-state index in [1.165, 1.54) is 28.6 Å². The fourth-order valence-corrected chi connectivity index (χ4v) is 6.13. The number of halogens is 1. The molecule has 2 aromatic carbocycles. The van der Waals surface area contributed by atoms with E-state index in [9.17, 15) is 26.0 Å². The van der Waals surface area contributed by atoms with E-state index in [0.717, 1.165) is 38.2 Å². The summed E-state index contributed by atoms with van der Waals surface area (Å²) in [5.41, 5.74) is -0.0738. The Balaban J connectivity index is 1.83. The summed E-state index contributed by atoms with van der Waals surface area (Å²) in [6, 6.07) is 8.03. The standard InChI is InChI=1S/C20H23FN2O6S2/c1-14-4-3-11-23(13-14)31(27,28)17-8-6-16(7-9-17)22-30(25,26)19-12-15(20(24)29-2)5-10-18(19)21/h5-10,12,14,22H,3-4,11,13H2,1-2H3. The van der Waals surface area contributed by atoms with Crippen LogP contribution in [0.2, 0.25) is 0 Å². The molecule has 1 fully saturated rings. The molecule has 1 N–H and O–H groups in total. The SMILES string of the molecule is COC(=O)c1ccc(F)c(S(=O)(=O)Nc2ccc(S(=O)(=O)N3CCCC(C)C3)cc2)c1. The van der Waals surface area contributed by atoms with Gasteiger partial charge in [0.25, 0.3) is 10.0 Å². The van der Waals surface area contributed by atoms with Gasteiger partial charge in [0.15, 0.2) is 0 Å². The fourth-order valence-electron chi connectivity index (χ4n) is 3.37. The number of rotatable bonds is 6. The number of nitrogens with zero attached hydrogens (tertiary/aromatic N) is 1. The van der Waals surface area contributed by atoms with Gasteiger partial charge in [-0.25, -0.2) is 26.0 Å². The molecule has 0 aromatic heterocycles. The highest BCUT2D eigenvalue weighted by Gasteiger charge is 2.29. The summed E-state index contributed by atoms with van der Waals surface area (Å²) in [7, 11) is -6.94. The summed E-state index contributed by atoms with van der Waals surface area (Å²) in [5, 5.41) is 0. The molecule has 0 saturated carbocycles. The molecule has 1 aliphatic rings. The molecule has 1 heterocycles. The summed E-state index contributed by atoms with van der Waals surface area (Å²) >= 11 is 0. The van der Waals surface area contributed by atoms with Crippen LogP contribution < -0.4 is 4.72 Å². The number of nitrogens with one attached hydrogen (secondary N) is 1. The molecule has 0 bridgehead atoms. The van der Waals surface area contributed by atoms with Crippen LogP contribution in [0.1, 0.15) is 30.1 Å². The van der Waals surface area contributed by atoms with Crippen LogP contribution in [0.3, 0.4) is 0 Å². The van der Waals surface area contributed by atoms with Crippen molar-refractivity contribution in [2.24, 2.45) is 5.92 Å². The number of piperidine rings is 1. The van der Waals surface area contributed by atoms with Crippen LogP contribution in [0.4, 0.5) is 10.1 Å². The van der Waals surface area contributed by atoms with Gasteiger partial charge in [-0.05, 0) is 61.2 Å². The predicted octanol–water partition coefficient (Wildman–Crippen LogP) is 2.83. The summed E-state index contributed by atoms with van der Waals surface area (Å²) in [6.45, 7) is 2.87. The van der Waals surface area contributed by atoms with Crippen molar-refractivity contribution in [3.63, 3.8) is 0 Å². The Morgan fingerprint density at radius 1 is 1.13 bits per heavy atom. The molecule has 0 aliphatic carbocycles. The number of sulfonamides is 2. The number of methoxy groups -OCH3 is 1. The van der Waals surface area contributed by atoms with Gasteiger partial charge in [0.1, 0.15) is 10.7 Å². The molecule has 2 aromatic rings. The Morgan fingerprint density at radius 2 is 1.81 bits per heavy atom. The van der Waals surface area contributed by atoms with E-state index in [4.69, 9.17) is 0 Å². The second-order valence-electron chi connectivity index (χ2n) is 7.38. The van der Waals surface area contributed by atoms with E-state index in [1.807, 2.05) is 6.92 Å². The van der Waals surface area contributed by atoms with Crippen LogP contribution in [-0.4, -0.2) is 47.3 Å². The molecule has 168 valence electrons. The van der Waals surface area contributed by atoms with Crippen LogP contribution in [0.5, 0.6) is 0 Å². The number of esters is 1. The number of ether oxygens (including phenoxy) is 1. The number of hydrogen-bond donors (Lipinski definition) is 1. The van der Waals surface area contributed by atoms with Gasteiger partial charge in [0.05, 0.1) is 17.6 Å². The Kier molecular flexibility index (Phi) is 6.68. The van der Waals surface area contributed by atoms with Crippen molar-refractivity contribution < 1.29 is 30.8 Å². The first-order valence-corrected chi connectivity index (χ1v) is 12.5. The second-order valence-corrected chi connectivity index (χ2v) is 11.0. The largest absolute Gasteiger partial charge is 0.465 e. The van der Waals surface area contributed by atoms with Crippen molar-refractivity contribution in [1.29, 1.82) is 0 Å². The van der Waals surface area contributed by atoms with Crippen LogP contribution in [0.15, 0.2) is 52.3 Å². The molecule has 31 heavy (non-hydrogen) atoms. The van der Waals surface area contributed by atoms with E-state index < -0.39 is 36.7 Å². The molecular weight excluding hydrogens is 447 g/mol. The molecule has 11 heteroatoms. The average molecular weight is 471 g/mol. The lowest BCUT2D eigenvalue weighted by molar-refractivity contribution is 0.0600. The maximum Gasteiger partial charge on any atom is 0.337 e. The molecular formula is C20H23FN2O6S2. The Bertz CT molecular complexity index is 1180. The summed E-state index contributed by atoms with van der Waals surface area (Å²) < 4.78 is 73.2. The molecule has 0 amide bonds. The van der Waals surface area contributed by atoms with Crippen LogP contribution in [-0.2, 0) is 24.8 Å². The van der Waals surface area contributed by atoms with E-state index in [-0.39, 0.29) is 22.1 Å². The average Bonchev–Trinajstić information content (AvgIpc) is 2.73. The smallest absolute Gasteiger partial charge is 0.337 e. The van der Waals surface area contributed by atoms with E-state index in [1.54, 1.807) is 0 Å². The van der Waals surface area contributed by atoms with Crippen molar-refractivity contribution in [1.82, 2.24) is 4.31 Å². The molecule has 0 radical (unpaired) electrons. The zero-order valence-electron chi connectivity index (χ0n) is 17.0. The Hall–Kier alpha value is -2.50. The minimum Gasteiger partial charge on any atom is -0.465 e. The molecule has 1 atom stereocenters. The first-order chi connectivity index (χ1) is 14.5. The highest BCUT2D eigenvalue weighted by atomic mass is 32.2. The molecule has 3 rings (SSSR count). The van der Waals surface area contributed by atoms with Crippen molar-refractivity contribution in [2.75, 3.05) is 24.9 Å². The minimum atomic E-state index is -4.38. The third-order valence-electron chi connectivity index (χ3n) is 5.01. The molecule has 1 aliphatic heterocycles. The van der Waals surface area contributed by atoms with E-state index in [2.05, 4.69) is 9.46 Å². The summed E-state index contributed by atoms with van der Waals surface area (Å²) in [4.78, 5) is 10.9. The third kappa shape index (κ3) is 5.05. The topological polar surface area (TPSA) is 110 Å². The van der Waals surface area contributed by atoms with Gasteiger partial charge < -0.3 is 4.74 Å². The highest BCUT2D eigenvalue weighted by Crippen LogP contribution is 2.26. The van der Waals surface area contributed by atoms with Gasteiger partial charge in [-0.15, -0.1) is 0 Å². The van der Waals surface area contributed by atoms with Crippen LogP contribution in [0.25, 0.3) is 0 Å². The minimum absolute atomic E-state index is 0.0448. The van der Waals surface area contributed by atoms with Gasteiger partial charge in [-0.1, -0.05) is 6.92 Å². The fraction of sp³-hybridized carbons (Fsp3) is 0.350. The molecule has 1 unspecified atom stereocenters. The zero-order chi connectivity index (χ0) is 22.8. The maximum atomic E-state index is 14.1. The van der Waals surface area contributed by atoms with Crippen molar-refractivity contribution >= 4 is 31.7 Å². The monoisotopic (exact) mass is 470 g/mol. The maximum absolute atomic E-state index is 14.1. The van der Waals surface area contributed by atoms with Gasteiger partial charge in [0.2, 0.25) is 10.0 Å². The van der Waals surface area contributed by atoms with Gasteiger partial charge >= 0.3 is 5.97 Å². The Morgan fingerprint density at radius 3 is 2.42 bits per heavy atom. The number of carbonyl (C=O) groups is 1. The van der Waals surface area contributed by atoms with Gasteiger partial charge in [-0.2, -0.15) is 4.31 Å². The quantitative estimate of drug-likeness (QED) is 0.650. The molecule has 8 nitrogen and oxygen atoms in total. The third-order valence-corrected chi connectivity index (χ3v) is 8.28.